The molecule has 0 radical (unpaired) electrons. The topological polar surface area (TPSA) is 42.1 Å². The zero-order valence-electron chi connectivity index (χ0n) is 8.31. The van der Waals surface area contributed by atoms with Crippen molar-refractivity contribution in [2.24, 2.45) is 0 Å². The highest BCUT2D eigenvalue weighted by atomic mass is 32.2. The van der Waals surface area contributed by atoms with E-state index in [-0.39, 0.29) is 0 Å². The van der Waals surface area contributed by atoms with E-state index >= 15 is 0 Å². The maximum atomic E-state index is 5.55. The molecule has 1 aliphatic heterocycles. The highest BCUT2D eigenvalue weighted by molar-refractivity contribution is 8.00. The number of hydrogen-bond donors (Lipinski definition) is 1. The summed E-state index contributed by atoms with van der Waals surface area (Å²) in [6.45, 7) is 4.48. The van der Waals surface area contributed by atoms with Gasteiger partial charge >= 0.3 is 0 Å². The molecule has 2 heterocycles. The number of nitrogens with two attached hydrogens (primary N) is 1. The van der Waals surface area contributed by atoms with Crippen molar-refractivity contribution >= 4 is 23.3 Å². The monoisotopic (exact) mass is 209 g/mol. The number of pyridine rings is 1. The molecule has 1 unspecified atom stereocenters. The second-order valence-electron chi connectivity index (χ2n) is 3.57. The van der Waals surface area contributed by atoms with Crippen LogP contribution in [0.1, 0.15) is 6.92 Å². The zero-order valence-corrected chi connectivity index (χ0v) is 9.13. The molecule has 0 bridgehead atoms. The first-order valence-corrected chi connectivity index (χ1v) is 5.88. The van der Waals surface area contributed by atoms with E-state index in [0.29, 0.717) is 11.1 Å². The van der Waals surface area contributed by atoms with Gasteiger partial charge in [-0.25, -0.2) is 4.98 Å². The van der Waals surface area contributed by atoms with E-state index in [1.807, 2.05) is 30.1 Å². The van der Waals surface area contributed by atoms with E-state index < -0.39 is 0 Å². The number of nitrogens with zero attached hydrogens (tertiary/aromatic N) is 2. The maximum absolute atomic E-state index is 5.55. The van der Waals surface area contributed by atoms with Crippen LogP contribution in [0.5, 0.6) is 0 Å². The fraction of sp³-hybridized carbons (Fsp3) is 0.500. The largest absolute Gasteiger partial charge is 0.384 e. The number of rotatable bonds is 1. The lowest BCUT2D eigenvalue weighted by Gasteiger charge is -2.32. The van der Waals surface area contributed by atoms with Gasteiger partial charge in [0, 0.05) is 24.1 Å². The van der Waals surface area contributed by atoms with E-state index in [1.54, 1.807) is 0 Å². The molecule has 1 aromatic heterocycles. The van der Waals surface area contributed by atoms with Crippen LogP contribution >= 0.6 is 11.8 Å². The van der Waals surface area contributed by atoms with E-state index in [0.717, 1.165) is 13.1 Å². The first kappa shape index (κ1) is 9.65. The van der Waals surface area contributed by atoms with E-state index in [1.165, 1.54) is 11.4 Å². The molecule has 2 N–H and O–H groups in total. The predicted molar refractivity (Wildman–Crippen MR) is 62.8 cm³/mol. The van der Waals surface area contributed by atoms with Crippen LogP contribution in [0, 0.1) is 0 Å². The highest BCUT2D eigenvalue weighted by Gasteiger charge is 2.16. The Labute approximate surface area is 88.7 Å². The SMILES string of the molecule is CC1CN(c2ccc(N)nc2)CCS1. The predicted octanol–water partition coefficient (Wildman–Crippen LogP) is 1.61. The van der Waals surface area contributed by atoms with Gasteiger partial charge in [-0.3, -0.25) is 0 Å². The Morgan fingerprint density at radius 3 is 3.07 bits per heavy atom. The van der Waals surface area contributed by atoms with E-state index in [4.69, 9.17) is 5.73 Å². The molecule has 0 aromatic carbocycles. The van der Waals surface area contributed by atoms with Gasteiger partial charge in [-0.15, -0.1) is 0 Å². The Kier molecular flexibility index (Phi) is 2.82. The van der Waals surface area contributed by atoms with Crippen molar-refractivity contribution in [1.82, 2.24) is 4.98 Å². The number of thioether (sulfide) groups is 1. The van der Waals surface area contributed by atoms with Crippen molar-refractivity contribution in [2.45, 2.75) is 12.2 Å². The van der Waals surface area contributed by atoms with Crippen LogP contribution < -0.4 is 10.6 Å². The summed E-state index contributed by atoms with van der Waals surface area (Å²) >= 11 is 2.03. The summed E-state index contributed by atoms with van der Waals surface area (Å²) in [5.74, 6) is 1.79. The molecule has 1 aromatic rings. The van der Waals surface area contributed by atoms with Crippen LogP contribution in [0.2, 0.25) is 0 Å². The van der Waals surface area contributed by atoms with Gasteiger partial charge in [-0.2, -0.15) is 11.8 Å². The average Bonchev–Trinajstić information content (AvgIpc) is 2.19. The van der Waals surface area contributed by atoms with Gasteiger partial charge < -0.3 is 10.6 Å². The second-order valence-corrected chi connectivity index (χ2v) is 5.12. The van der Waals surface area contributed by atoms with Crippen LogP contribution in [-0.4, -0.2) is 29.1 Å². The fourth-order valence-electron chi connectivity index (χ4n) is 1.64. The summed E-state index contributed by atoms with van der Waals surface area (Å²) in [6.07, 6.45) is 1.86. The molecular formula is C10H15N3S. The van der Waals surface area contributed by atoms with Gasteiger partial charge in [0.25, 0.3) is 0 Å². The van der Waals surface area contributed by atoms with Gasteiger partial charge in [0.05, 0.1) is 11.9 Å². The first-order valence-electron chi connectivity index (χ1n) is 4.84. The standard InChI is InChI=1S/C10H15N3S/c1-8-7-13(4-5-14-8)9-2-3-10(11)12-6-9/h2-3,6,8H,4-5,7H2,1H3,(H2,11,12). The molecule has 14 heavy (non-hydrogen) atoms. The normalized spacial score (nSPS) is 22.4. The Morgan fingerprint density at radius 1 is 1.57 bits per heavy atom. The van der Waals surface area contributed by atoms with Crippen molar-refractivity contribution in [3.05, 3.63) is 18.3 Å². The van der Waals surface area contributed by atoms with Crippen LogP contribution in [-0.2, 0) is 0 Å². The fourth-order valence-corrected chi connectivity index (χ4v) is 2.65. The number of aromatic nitrogens is 1. The molecule has 4 heteroatoms. The molecule has 1 fully saturated rings. The van der Waals surface area contributed by atoms with Crippen LogP contribution in [0.4, 0.5) is 11.5 Å². The second kappa shape index (κ2) is 4.09. The van der Waals surface area contributed by atoms with Gasteiger partial charge in [0.15, 0.2) is 0 Å². The lowest BCUT2D eigenvalue weighted by molar-refractivity contribution is 0.781. The molecule has 0 saturated carbocycles. The Morgan fingerprint density at radius 2 is 2.43 bits per heavy atom. The third-order valence-corrected chi connectivity index (χ3v) is 3.51. The van der Waals surface area contributed by atoms with E-state index in [2.05, 4.69) is 16.8 Å². The maximum Gasteiger partial charge on any atom is 0.123 e. The van der Waals surface area contributed by atoms with Gasteiger partial charge in [0.2, 0.25) is 0 Å². The van der Waals surface area contributed by atoms with Gasteiger partial charge in [-0.1, -0.05) is 6.92 Å². The Balaban J connectivity index is 2.10. The van der Waals surface area contributed by atoms with Crippen LogP contribution in [0.3, 0.4) is 0 Å². The zero-order chi connectivity index (χ0) is 9.97. The average molecular weight is 209 g/mol. The van der Waals surface area contributed by atoms with Crippen LogP contribution in [0.15, 0.2) is 18.3 Å². The lowest BCUT2D eigenvalue weighted by atomic mass is 10.3. The Bertz CT molecular complexity index is 299. The highest BCUT2D eigenvalue weighted by Crippen LogP contribution is 2.23. The molecule has 0 aliphatic carbocycles. The van der Waals surface area contributed by atoms with Gasteiger partial charge in [-0.05, 0) is 12.1 Å². The molecule has 1 atom stereocenters. The smallest absolute Gasteiger partial charge is 0.123 e. The quantitative estimate of drug-likeness (QED) is 0.763. The Hall–Kier alpha value is -0.900. The minimum Gasteiger partial charge on any atom is -0.384 e. The minimum absolute atomic E-state index is 0.591. The third kappa shape index (κ3) is 2.12. The van der Waals surface area contributed by atoms with Crippen molar-refractivity contribution in [1.29, 1.82) is 0 Å². The van der Waals surface area contributed by atoms with Crippen LogP contribution in [0.25, 0.3) is 0 Å². The number of nitrogen functional groups attached to an aromatic ring is 1. The summed E-state index contributed by atoms with van der Waals surface area (Å²) in [4.78, 5) is 6.48. The summed E-state index contributed by atoms with van der Waals surface area (Å²) in [5.41, 5.74) is 6.74. The molecule has 0 amide bonds. The lowest BCUT2D eigenvalue weighted by Crippen LogP contribution is -2.36. The molecule has 3 nitrogen and oxygen atoms in total. The molecule has 0 spiro atoms. The van der Waals surface area contributed by atoms with Gasteiger partial charge in [0.1, 0.15) is 5.82 Å². The number of anilines is 2. The summed E-state index contributed by atoms with van der Waals surface area (Å²) in [6, 6.07) is 3.91. The summed E-state index contributed by atoms with van der Waals surface area (Å²) in [5, 5.41) is 0.710. The molecular weight excluding hydrogens is 194 g/mol. The molecule has 1 aliphatic rings. The minimum atomic E-state index is 0.591. The van der Waals surface area contributed by atoms with Crippen molar-refractivity contribution in [3.63, 3.8) is 0 Å². The van der Waals surface area contributed by atoms with Crippen molar-refractivity contribution < 1.29 is 0 Å². The third-order valence-electron chi connectivity index (χ3n) is 2.38. The molecule has 1 saturated heterocycles. The van der Waals surface area contributed by atoms with Crippen molar-refractivity contribution in [3.8, 4) is 0 Å². The molecule has 76 valence electrons. The summed E-state index contributed by atoms with van der Waals surface area (Å²) < 4.78 is 0. The first-order chi connectivity index (χ1) is 6.75. The molecule has 2 rings (SSSR count). The number of hydrogen-bond acceptors (Lipinski definition) is 4. The van der Waals surface area contributed by atoms with Crippen molar-refractivity contribution in [2.75, 3.05) is 29.5 Å². The van der Waals surface area contributed by atoms with E-state index in [9.17, 15) is 0 Å². The summed E-state index contributed by atoms with van der Waals surface area (Å²) in [7, 11) is 0.